The second-order valence-corrected chi connectivity index (χ2v) is 5.71. The molecule has 21 heavy (non-hydrogen) atoms. The number of anilines is 1. The third-order valence-electron chi connectivity index (χ3n) is 3.89. The van der Waals surface area contributed by atoms with Crippen LogP contribution in [0.4, 0.5) is 5.69 Å². The van der Waals surface area contributed by atoms with E-state index < -0.39 is 0 Å². The van der Waals surface area contributed by atoms with Crippen molar-refractivity contribution in [3.8, 4) is 5.75 Å². The van der Waals surface area contributed by atoms with Crippen LogP contribution in [0.3, 0.4) is 0 Å². The first-order valence-corrected chi connectivity index (χ1v) is 7.29. The summed E-state index contributed by atoms with van der Waals surface area (Å²) in [4.78, 5) is 14.8. The number of morpholine rings is 1. The number of methoxy groups -OCH3 is 1. The van der Waals surface area contributed by atoms with Gasteiger partial charge >= 0.3 is 0 Å². The lowest BCUT2D eigenvalue weighted by Crippen LogP contribution is -2.51. The van der Waals surface area contributed by atoms with Gasteiger partial charge in [-0.05, 0) is 39.0 Å². The molecule has 1 aromatic rings. The Morgan fingerprint density at radius 1 is 1.38 bits per heavy atom. The molecule has 3 atom stereocenters. The van der Waals surface area contributed by atoms with Gasteiger partial charge in [-0.15, -0.1) is 0 Å². The van der Waals surface area contributed by atoms with Crippen LogP contribution in [0.5, 0.6) is 5.75 Å². The van der Waals surface area contributed by atoms with Crippen LogP contribution >= 0.6 is 0 Å². The lowest BCUT2D eigenvalue weighted by atomic mass is 10.0. The first kappa shape index (κ1) is 15.8. The summed E-state index contributed by atoms with van der Waals surface area (Å²) in [5, 5.41) is 0. The number of Topliss-reactive ketones (excluding diaryl/α,β-unsaturated/α-hetero) is 1. The van der Waals surface area contributed by atoms with E-state index >= 15 is 0 Å². The number of hydrogen-bond donors (Lipinski definition) is 1. The van der Waals surface area contributed by atoms with Gasteiger partial charge in [-0.25, -0.2) is 0 Å². The van der Waals surface area contributed by atoms with E-state index in [0.717, 1.165) is 13.1 Å². The predicted octanol–water partition coefficient (Wildman–Crippen LogP) is 1.96. The number of rotatable bonds is 4. The Morgan fingerprint density at radius 2 is 2.00 bits per heavy atom. The van der Waals surface area contributed by atoms with Crippen molar-refractivity contribution in [3.63, 3.8) is 0 Å². The molecule has 1 aliphatic heterocycles. The topological polar surface area (TPSA) is 64.8 Å². The molecule has 0 spiro atoms. The van der Waals surface area contributed by atoms with E-state index in [4.69, 9.17) is 15.2 Å². The number of hydrogen-bond acceptors (Lipinski definition) is 5. The first-order chi connectivity index (χ1) is 9.92. The van der Waals surface area contributed by atoms with Crippen LogP contribution in [0.2, 0.25) is 0 Å². The van der Waals surface area contributed by atoms with Crippen molar-refractivity contribution < 1.29 is 14.3 Å². The van der Waals surface area contributed by atoms with Gasteiger partial charge in [0.05, 0.1) is 31.0 Å². The molecule has 1 fully saturated rings. The SMILES string of the molecule is COc1ccc(C(=O)C(C)N2CC(C)OC(C)C2)cc1N. The summed E-state index contributed by atoms with van der Waals surface area (Å²) >= 11 is 0. The van der Waals surface area contributed by atoms with E-state index in [9.17, 15) is 4.79 Å². The minimum absolute atomic E-state index is 0.0747. The molecule has 1 aromatic carbocycles. The monoisotopic (exact) mass is 292 g/mol. The molecule has 5 nitrogen and oxygen atoms in total. The van der Waals surface area contributed by atoms with Gasteiger partial charge in [-0.2, -0.15) is 0 Å². The maximum atomic E-state index is 12.6. The Morgan fingerprint density at radius 3 is 2.52 bits per heavy atom. The van der Waals surface area contributed by atoms with E-state index in [-0.39, 0.29) is 24.0 Å². The molecule has 3 unspecified atom stereocenters. The van der Waals surface area contributed by atoms with Crippen LogP contribution < -0.4 is 10.5 Å². The molecule has 0 radical (unpaired) electrons. The second-order valence-electron chi connectivity index (χ2n) is 5.71. The molecule has 0 saturated carbocycles. The summed E-state index contributed by atoms with van der Waals surface area (Å²) in [6.07, 6.45) is 0.287. The molecular formula is C16H24N2O3. The molecule has 0 aliphatic carbocycles. The van der Waals surface area contributed by atoms with Gasteiger partial charge in [0.25, 0.3) is 0 Å². The minimum atomic E-state index is -0.188. The molecule has 1 saturated heterocycles. The van der Waals surface area contributed by atoms with E-state index in [1.165, 1.54) is 0 Å². The summed E-state index contributed by atoms with van der Waals surface area (Å²) in [5.41, 5.74) is 6.99. The smallest absolute Gasteiger partial charge is 0.179 e. The zero-order valence-electron chi connectivity index (χ0n) is 13.1. The Balaban J connectivity index is 2.13. The maximum absolute atomic E-state index is 12.6. The highest BCUT2D eigenvalue weighted by Crippen LogP contribution is 2.24. The quantitative estimate of drug-likeness (QED) is 0.679. The number of ketones is 1. The zero-order chi connectivity index (χ0) is 15.6. The predicted molar refractivity (Wildman–Crippen MR) is 82.8 cm³/mol. The van der Waals surface area contributed by atoms with Gasteiger partial charge in [0.15, 0.2) is 5.78 Å². The molecule has 2 N–H and O–H groups in total. The Kier molecular flexibility index (Phi) is 4.85. The normalized spacial score (nSPS) is 24.6. The highest BCUT2D eigenvalue weighted by Gasteiger charge is 2.29. The van der Waals surface area contributed by atoms with Crippen molar-refractivity contribution in [2.75, 3.05) is 25.9 Å². The van der Waals surface area contributed by atoms with Crippen molar-refractivity contribution >= 4 is 11.5 Å². The van der Waals surface area contributed by atoms with Crippen LogP contribution in [0.25, 0.3) is 0 Å². The van der Waals surface area contributed by atoms with Gasteiger partial charge in [-0.3, -0.25) is 9.69 Å². The lowest BCUT2D eigenvalue weighted by Gasteiger charge is -2.38. The molecule has 0 aromatic heterocycles. The van der Waals surface area contributed by atoms with E-state index in [0.29, 0.717) is 17.0 Å². The minimum Gasteiger partial charge on any atom is -0.495 e. The number of nitrogens with two attached hydrogens (primary N) is 1. The molecule has 0 bridgehead atoms. The average molecular weight is 292 g/mol. The molecule has 0 amide bonds. The fourth-order valence-electron chi connectivity index (χ4n) is 2.83. The van der Waals surface area contributed by atoms with Crippen molar-refractivity contribution in [2.45, 2.75) is 39.0 Å². The third kappa shape index (κ3) is 3.54. The first-order valence-electron chi connectivity index (χ1n) is 7.29. The third-order valence-corrected chi connectivity index (χ3v) is 3.89. The van der Waals surface area contributed by atoms with Crippen molar-refractivity contribution in [1.29, 1.82) is 0 Å². The molecule has 1 heterocycles. The summed E-state index contributed by atoms with van der Waals surface area (Å²) in [6, 6.07) is 5.00. The fourth-order valence-corrected chi connectivity index (χ4v) is 2.83. The zero-order valence-corrected chi connectivity index (χ0v) is 13.1. The highest BCUT2D eigenvalue weighted by atomic mass is 16.5. The molecule has 116 valence electrons. The fraction of sp³-hybridized carbons (Fsp3) is 0.562. The average Bonchev–Trinajstić information content (AvgIpc) is 2.44. The lowest BCUT2D eigenvalue weighted by molar-refractivity contribution is -0.0744. The van der Waals surface area contributed by atoms with Crippen LogP contribution in [0.15, 0.2) is 18.2 Å². The Bertz CT molecular complexity index is 508. The van der Waals surface area contributed by atoms with Crippen LogP contribution in [-0.4, -0.2) is 49.1 Å². The van der Waals surface area contributed by atoms with Gasteiger partial charge in [0.1, 0.15) is 5.75 Å². The molecule has 1 aliphatic rings. The van der Waals surface area contributed by atoms with Gasteiger partial charge in [-0.1, -0.05) is 0 Å². The second kappa shape index (κ2) is 6.45. The van der Waals surface area contributed by atoms with Crippen LogP contribution in [0.1, 0.15) is 31.1 Å². The van der Waals surface area contributed by atoms with E-state index in [2.05, 4.69) is 4.90 Å². The molecule has 2 rings (SSSR count). The highest BCUT2D eigenvalue weighted by molar-refractivity contribution is 6.00. The van der Waals surface area contributed by atoms with Crippen LogP contribution in [-0.2, 0) is 4.74 Å². The number of carbonyl (C=O) groups excluding carboxylic acids is 1. The number of benzene rings is 1. The Hall–Kier alpha value is -1.59. The summed E-state index contributed by atoms with van der Waals surface area (Å²) in [7, 11) is 1.56. The maximum Gasteiger partial charge on any atom is 0.179 e. The molecule has 5 heteroatoms. The van der Waals surface area contributed by atoms with Crippen molar-refractivity contribution in [1.82, 2.24) is 4.90 Å². The summed E-state index contributed by atoms with van der Waals surface area (Å²) in [6.45, 7) is 7.54. The number of nitrogen functional groups attached to an aromatic ring is 1. The standard InChI is InChI=1S/C16H24N2O3/c1-10-8-18(9-11(2)21-10)12(3)16(19)13-5-6-15(20-4)14(17)7-13/h5-7,10-12H,8-9,17H2,1-4H3. The van der Waals surface area contributed by atoms with Crippen LogP contribution in [0, 0.1) is 0 Å². The molecular weight excluding hydrogens is 268 g/mol. The largest absolute Gasteiger partial charge is 0.495 e. The number of carbonyl (C=O) groups is 1. The van der Waals surface area contributed by atoms with Gasteiger partial charge < -0.3 is 15.2 Å². The van der Waals surface area contributed by atoms with Gasteiger partial charge in [0.2, 0.25) is 0 Å². The summed E-state index contributed by atoms with van der Waals surface area (Å²) < 4.78 is 10.8. The van der Waals surface area contributed by atoms with Crippen molar-refractivity contribution in [3.05, 3.63) is 23.8 Å². The number of nitrogens with zero attached hydrogens (tertiary/aromatic N) is 1. The summed E-state index contributed by atoms with van der Waals surface area (Å²) in [5.74, 6) is 0.665. The van der Waals surface area contributed by atoms with Gasteiger partial charge in [0, 0.05) is 18.7 Å². The van der Waals surface area contributed by atoms with E-state index in [1.54, 1.807) is 25.3 Å². The number of ether oxygens (including phenoxy) is 2. The Labute approximate surface area is 126 Å². The van der Waals surface area contributed by atoms with E-state index in [1.807, 2.05) is 20.8 Å². The van der Waals surface area contributed by atoms with Crippen molar-refractivity contribution in [2.24, 2.45) is 0 Å².